The molecule has 1 N–H and O–H groups in total. The van der Waals surface area contributed by atoms with Gasteiger partial charge < -0.3 is 19.7 Å². The zero-order valence-corrected chi connectivity index (χ0v) is 15.0. The Morgan fingerprint density at radius 1 is 1.20 bits per heavy atom. The van der Waals surface area contributed by atoms with Crippen molar-refractivity contribution in [2.75, 3.05) is 20.8 Å². The van der Waals surface area contributed by atoms with Crippen LogP contribution in [0.25, 0.3) is 0 Å². The predicted molar refractivity (Wildman–Crippen MR) is 91.9 cm³/mol. The van der Waals surface area contributed by atoms with Crippen LogP contribution < -0.4 is 14.8 Å². The average molecular weight is 348 g/mol. The molecule has 2 rings (SSSR count). The number of ether oxygens (including phenoxy) is 2. The number of ketones is 1. The van der Waals surface area contributed by atoms with Gasteiger partial charge in [-0.15, -0.1) is 0 Å². The molecule has 2 atom stereocenters. The average Bonchev–Trinajstić information content (AvgIpc) is 2.62. The maximum atomic E-state index is 12.6. The molecular formula is C18H24N2O5. The van der Waals surface area contributed by atoms with Crippen LogP contribution in [-0.2, 0) is 9.59 Å². The van der Waals surface area contributed by atoms with Crippen molar-refractivity contribution in [1.82, 2.24) is 10.2 Å². The molecule has 2 amide bonds. The lowest BCUT2D eigenvalue weighted by Gasteiger charge is -2.37. The fourth-order valence-corrected chi connectivity index (χ4v) is 2.88. The monoisotopic (exact) mass is 348 g/mol. The van der Waals surface area contributed by atoms with Crippen molar-refractivity contribution in [3.63, 3.8) is 0 Å². The fourth-order valence-electron chi connectivity index (χ4n) is 2.88. The zero-order valence-electron chi connectivity index (χ0n) is 15.0. The van der Waals surface area contributed by atoms with Crippen LogP contribution in [0, 0.1) is 0 Å². The van der Waals surface area contributed by atoms with Crippen LogP contribution in [0.15, 0.2) is 18.2 Å². The Balaban J connectivity index is 2.16. The first-order chi connectivity index (χ1) is 11.9. The van der Waals surface area contributed by atoms with Crippen LogP contribution in [0.2, 0.25) is 0 Å². The summed E-state index contributed by atoms with van der Waals surface area (Å²) < 4.78 is 10.3. The molecular weight excluding hydrogens is 324 g/mol. The molecule has 0 saturated carbocycles. The van der Waals surface area contributed by atoms with Crippen molar-refractivity contribution in [3.8, 4) is 11.5 Å². The number of carbonyl (C=O) groups is 3. The van der Waals surface area contributed by atoms with Gasteiger partial charge in [0, 0.05) is 18.5 Å². The molecule has 25 heavy (non-hydrogen) atoms. The van der Waals surface area contributed by atoms with Gasteiger partial charge >= 0.3 is 0 Å². The Labute approximate surface area is 147 Å². The first-order valence-corrected chi connectivity index (χ1v) is 8.29. The Kier molecular flexibility index (Phi) is 6.01. The summed E-state index contributed by atoms with van der Waals surface area (Å²) in [6, 6.07) is 3.47. The van der Waals surface area contributed by atoms with Crippen molar-refractivity contribution in [2.45, 2.75) is 38.8 Å². The van der Waals surface area contributed by atoms with E-state index in [0.717, 1.165) is 6.42 Å². The van der Waals surface area contributed by atoms with Gasteiger partial charge in [0.15, 0.2) is 17.3 Å². The lowest BCUT2D eigenvalue weighted by molar-refractivity contribution is -0.148. The van der Waals surface area contributed by atoms with E-state index in [1.807, 2.05) is 6.92 Å². The molecule has 1 aliphatic rings. The van der Waals surface area contributed by atoms with E-state index in [4.69, 9.17) is 9.47 Å². The maximum Gasteiger partial charge on any atom is 0.246 e. The van der Waals surface area contributed by atoms with E-state index in [1.165, 1.54) is 19.1 Å². The summed E-state index contributed by atoms with van der Waals surface area (Å²) in [7, 11) is 3.00. The largest absolute Gasteiger partial charge is 0.493 e. The standard InChI is InChI=1S/C18H24N2O5/c1-5-8-20-11(2)17(22)19-13(18(20)23)10-14(21)12-6-7-15(24-3)16(9-12)25-4/h6-7,9,11,13H,5,8,10H2,1-4H3,(H,19,22)/t11-,13-/m0/s1. The van der Waals surface area contributed by atoms with Crippen molar-refractivity contribution in [3.05, 3.63) is 23.8 Å². The van der Waals surface area contributed by atoms with Gasteiger partial charge in [-0.25, -0.2) is 0 Å². The van der Waals surface area contributed by atoms with Crippen LogP contribution in [-0.4, -0.2) is 55.3 Å². The minimum atomic E-state index is -0.837. The number of rotatable bonds is 7. The second-order valence-electron chi connectivity index (χ2n) is 5.97. The third-order valence-corrected chi connectivity index (χ3v) is 4.30. The van der Waals surface area contributed by atoms with Gasteiger partial charge in [-0.2, -0.15) is 0 Å². The molecule has 0 bridgehead atoms. The molecule has 0 aliphatic carbocycles. The number of hydrogen-bond acceptors (Lipinski definition) is 5. The molecule has 7 heteroatoms. The van der Waals surface area contributed by atoms with Gasteiger partial charge in [0.1, 0.15) is 12.1 Å². The summed E-state index contributed by atoms with van der Waals surface area (Å²) >= 11 is 0. The van der Waals surface area contributed by atoms with Gasteiger partial charge in [0.25, 0.3) is 0 Å². The van der Waals surface area contributed by atoms with Gasteiger partial charge in [-0.3, -0.25) is 14.4 Å². The highest BCUT2D eigenvalue weighted by molar-refractivity contribution is 6.03. The van der Waals surface area contributed by atoms with E-state index in [1.54, 1.807) is 25.1 Å². The van der Waals surface area contributed by atoms with Crippen molar-refractivity contribution in [2.24, 2.45) is 0 Å². The highest BCUT2D eigenvalue weighted by Crippen LogP contribution is 2.28. The summed E-state index contributed by atoms with van der Waals surface area (Å²) in [4.78, 5) is 38.8. The topological polar surface area (TPSA) is 84.9 Å². The smallest absolute Gasteiger partial charge is 0.246 e. The molecule has 1 saturated heterocycles. The van der Waals surface area contributed by atoms with Crippen molar-refractivity contribution >= 4 is 17.6 Å². The van der Waals surface area contributed by atoms with Crippen molar-refractivity contribution in [1.29, 1.82) is 0 Å². The molecule has 7 nitrogen and oxygen atoms in total. The molecule has 0 radical (unpaired) electrons. The van der Waals surface area contributed by atoms with Gasteiger partial charge in [0.2, 0.25) is 11.8 Å². The summed E-state index contributed by atoms with van der Waals surface area (Å²) in [5.74, 6) is 0.254. The Hall–Kier alpha value is -2.57. The lowest BCUT2D eigenvalue weighted by atomic mass is 9.99. The highest BCUT2D eigenvalue weighted by Gasteiger charge is 2.38. The van der Waals surface area contributed by atoms with E-state index < -0.39 is 12.1 Å². The number of benzene rings is 1. The summed E-state index contributed by atoms with van der Waals surface area (Å²) in [6.45, 7) is 4.13. The fraction of sp³-hybridized carbons (Fsp3) is 0.500. The number of piperazine rings is 1. The predicted octanol–water partition coefficient (Wildman–Crippen LogP) is 1.40. The van der Waals surface area contributed by atoms with Crippen LogP contribution in [0.1, 0.15) is 37.0 Å². The third kappa shape index (κ3) is 3.92. The second-order valence-corrected chi connectivity index (χ2v) is 5.97. The van der Waals surface area contributed by atoms with E-state index in [2.05, 4.69) is 5.32 Å². The second kappa shape index (κ2) is 8.00. The Morgan fingerprint density at radius 3 is 2.48 bits per heavy atom. The molecule has 1 aromatic carbocycles. The van der Waals surface area contributed by atoms with Crippen molar-refractivity contribution < 1.29 is 23.9 Å². The maximum absolute atomic E-state index is 12.6. The Bertz CT molecular complexity index is 673. The first-order valence-electron chi connectivity index (χ1n) is 8.29. The van der Waals surface area contributed by atoms with Crippen LogP contribution in [0.3, 0.4) is 0 Å². The van der Waals surface area contributed by atoms with E-state index >= 15 is 0 Å². The number of methoxy groups -OCH3 is 2. The number of carbonyl (C=O) groups excluding carboxylic acids is 3. The quantitative estimate of drug-likeness (QED) is 0.753. The first kappa shape index (κ1) is 18.8. The van der Waals surface area contributed by atoms with E-state index in [9.17, 15) is 14.4 Å². The summed E-state index contributed by atoms with van der Waals surface area (Å²) in [5.41, 5.74) is 0.403. The highest BCUT2D eigenvalue weighted by atomic mass is 16.5. The number of nitrogens with zero attached hydrogens (tertiary/aromatic N) is 1. The molecule has 136 valence electrons. The third-order valence-electron chi connectivity index (χ3n) is 4.30. The molecule has 0 spiro atoms. The molecule has 1 aliphatic heterocycles. The summed E-state index contributed by atoms with van der Waals surface area (Å²) in [5, 5.41) is 2.65. The minimum Gasteiger partial charge on any atom is -0.493 e. The molecule has 1 heterocycles. The number of hydrogen-bond donors (Lipinski definition) is 1. The SMILES string of the molecule is CCCN1C(=O)[C@H](CC(=O)c2ccc(OC)c(OC)c2)NC(=O)[C@@H]1C. The van der Waals surface area contributed by atoms with E-state index in [0.29, 0.717) is 23.6 Å². The van der Waals surface area contributed by atoms with Crippen LogP contribution in [0.5, 0.6) is 11.5 Å². The molecule has 1 fully saturated rings. The normalized spacial score (nSPS) is 20.2. The molecule has 0 unspecified atom stereocenters. The Morgan fingerprint density at radius 2 is 1.88 bits per heavy atom. The van der Waals surface area contributed by atoms with Gasteiger partial charge in [0.05, 0.1) is 14.2 Å². The zero-order chi connectivity index (χ0) is 18.6. The van der Waals surface area contributed by atoms with E-state index in [-0.39, 0.29) is 24.0 Å². The lowest BCUT2D eigenvalue weighted by Crippen LogP contribution is -2.62. The number of nitrogens with one attached hydrogen (secondary N) is 1. The van der Waals surface area contributed by atoms with Gasteiger partial charge in [-0.05, 0) is 31.5 Å². The number of Topliss-reactive ketones (excluding diaryl/α,β-unsaturated/α-hetero) is 1. The number of amides is 2. The minimum absolute atomic E-state index is 0.0903. The van der Waals surface area contributed by atoms with Crippen LogP contribution in [0.4, 0.5) is 0 Å². The molecule has 1 aromatic rings. The van der Waals surface area contributed by atoms with Gasteiger partial charge in [-0.1, -0.05) is 6.92 Å². The molecule has 0 aromatic heterocycles. The van der Waals surface area contributed by atoms with Crippen LogP contribution >= 0.6 is 0 Å². The summed E-state index contributed by atoms with van der Waals surface area (Å²) in [6.07, 6.45) is 0.659.